The standard InChI is InChI=1S/C17H31N3O/c1-13(16(21)19-8-6-4-5-7-9-19)20-12-14-10-18-11-15(14)17(20,2)3/h13-15,18H,4-12H2,1-3H3. The van der Waals surface area contributed by atoms with Crippen molar-refractivity contribution in [3.63, 3.8) is 0 Å². The fraction of sp³-hybridized carbons (Fsp3) is 0.941. The van der Waals surface area contributed by atoms with Gasteiger partial charge in [-0.25, -0.2) is 0 Å². The third kappa shape index (κ3) is 2.72. The second-order valence-corrected chi connectivity index (χ2v) is 7.75. The van der Waals surface area contributed by atoms with Crippen LogP contribution in [0.1, 0.15) is 46.5 Å². The molecule has 3 rings (SSSR count). The Morgan fingerprint density at radius 3 is 2.43 bits per heavy atom. The van der Waals surface area contributed by atoms with Crippen LogP contribution in [0.25, 0.3) is 0 Å². The van der Waals surface area contributed by atoms with Crippen LogP contribution in [0, 0.1) is 11.8 Å². The number of amides is 1. The van der Waals surface area contributed by atoms with Crippen LogP contribution in [-0.4, -0.2) is 60.0 Å². The zero-order valence-corrected chi connectivity index (χ0v) is 13.9. The second kappa shape index (κ2) is 5.88. The van der Waals surface area contributed by atoms with Crippen molar-refractivity contribution in [2.24, 2.45) is 11.8 Å². The summed E-state index contributed by atoms with van der Waals surface area (Å²) in [6, 6.07) is 0.0312. The Hall–Kier alpha value is -0.610. The summed E-state index contributed by atoms with van der Waals surface area (Å²) in [5.74, 6) is 1.77. The number of fused-ring (bicyclic) bond motifs is 1. The summed E-state index contributed by atoms with van der Waals surface area (Å²) >= 11 is 0. The Balaban J connectivity index is 1.69. The number of nitrogens with zero attached hydrogens (tertiary/aromatic N) is 2. The van der Waals surface area contributed by atoms with Gasteiger partial charge in [0, 0.05) is 31.7 Å². The summed E-state index contributed by atoms with van der Waals surface area (Å²) in [5, 5.41) is 3.52. The largest absolute Gasteiger partial charge is 0.341 e. The summed E-state index contributed by atoms with van der Waals surface area (Å²) in [7, 11) is 0. The molecule has 0 radical (unpaired) electrons. The molecule has 3 aliphatic rings. The topological polar surface area (TPSA) is 35.6 Å². The molecule has 0 aromatic heterocycles. The fourth-order valence-corrected chi connectivity index (χ4v) is 4.80. The second-order valence-electron chi connectivity index (χ2n) is 7.75. The van der Waals surface area contributed by atoms with E-state index in [1.807, 2.05) is 0 Å². The van der Waals surface area contributed by atoms with Gasteiger partial charge in [0.1, 0.15) is 0 Å². The summed E-state index contributed by atoms with van der Waals surface area (Å²) in [5.41, 5.74) is 0.134. The number of hydrogen-bond acceptors (Lipinski definition) is 3. The van der Waals surface area contributed by atoms with E-state index in [4.69, 9.17) is 0 Å². The van der Waals surface area contributed by atoms with Crippen LogP contribution in [0.2, 0.25) is 0 Å². The van der Waals surface area contributed by atoms with E-state index >= 15 is 0 Å². The summed E-state index contributed by atoms with van der Waals surface area (Å²) in [6.45, 7) is 12.0. The van der Waals surface area contributed by atoms with Gasteiger partial charge in [-0.3, -0.25) is 9.69 Å². The molecule has 21 heavy (non-hydrogen) atoms. The van der Waals surface area contributed by atoms with Crippen molar-refractivity contribution >= 4 is 5.91 Å². The number of carbonyl (C=O) groups excluding carboxylic acids is 1. The molecule has 0 aliphatic carbocycles. The average molecular weight is 293 g/mol. The summed E-state index contributed by atoms with van der Waals surface area (Å²) in [4.78, 5) is 17.5. The SMILES string of the molecule is CC(C(=O)N1CCCCCC1)N1CC2CNCC2C1(C)C. The van der Waals surface area contributed by atoms with Crippen LogP contribution in [-0.2, 0) is 4.79 Å². The van der Waals surface area contributed by atoms with Crippen LogP contribution in [0.5, 0.6) is 0 Å². The molecule has 120 valence electrons. The monoisotopic (exact) mass is 293 g/mol. The molecule has 3 aliphatic heterocycles. The first-order valence-electron chi connectivity index (χ1n) is 8.78. The predicted molar refractivity (Wildman–Crippen MR) is 85.1 cm³/mol. The molecule has 0 saturated carbocycles. The third-order valence-electron chi connectivity index (χ3n) is 6.16. The maximum Gasteiger partial charge on any atom is 0.239 e. The minimum Gasteiger partial charge on any atom is -0.341 e. The molecule has 3 saturated heterocycles. The first kappa shape index (κ1) is 15.3. The maximum atomic E-state index is 12.9. The highest BCUT2D eigenvalue weighted by atomic mass is 16.2. The Morgan fingerprint density at radius 2 is 1.81 bits per heavy atom. The first-order chi connectivity index (χ1) is 10.0. The van der Waals surface area contributed by atoms with Crippen molar-refractivity contribution < 1.29 is 4.79 Å². The van der Waals surface area contributed by atoms with Gasteiger partial charge in [0.2, 0.25) is 5.91 Å². The minimum absolute atomic E-state index is 0.0312. The van der Waals surface area contributed by atoms with Gasteiger partial charge in [0.25, 0.3) is 0 Å². The summed E-state index contributed by atoms with van der Waals surface area (Å²) < 4.78 is 0. The number of rotatable bonds is 2. The predicted octanol–water partition coefficient (Wildman–Crippen LogP) is 1.71. The molecule has 0 spiro atoms. The number of likely N-dealkylation sites (tertiary alicyclic amines) is 2. The molecule has 0 aromatic rings. The smallest absolute Gasteiger partial charge is 0.239 e. The van der Waals surface area contributed by atoms with Gasteiger partial charge in [0.15, 0.2) is 0 Å². The van der Waals surface area contributed by atoms with E-state index in [0.29, 0.717) is 11.8 Å². The van der Waals surface area contributed by atoms with Gasteiger partial charge >= 0.3 is 0 Å². The van der Waals surface area contributed by atoms with Crippen molar-refractivity contribution in [1.29, 1.82) is 0 Å². The van der Waals surface area contributed by atoms with Gasteiger partial charge in [-0.05, 0) is 52.0 Å². The van der Waals surface area contributed by atoms with E-state index in [1.165, 1.54) is 25.7 Å². The number of carbonyl (C=O) groups is 1. The van der Waals surface area contributed by atoms with Gasteiger partial charge in [0.05, 0.1) is 6.04 Å². The van der Waals surface area contributed by atoms with Crippen molar-refractivity contribution in [2.75, 3.05) is 32.7 Å². The lowest BCUT2D eigenvalue weighted by Gasteiger charge is -2.40. The fourth-order valence-electron chi connectivity index (χ4n) is 4.80. The molecule has 1 amide bonds. The van der Waals surface area contributed by atoms with E-state index in [1.54, 1.807) is 0 Å². The number of nitrogens with one attached hydrogen (secondary N) is 1. The molecule has 3 atom stereocenters. The Bertz CT molecular complexity index is 387. The lowest BCUT2D eigenvalue weighted by Crippen LogP contribution is -2.54. The highest BCUT2D eigenvalue weighted by molar-refractivity contribution is 5.81. The molecule has 0 bridgehead atoms. The van der Waals surface area contributed by atoms with Gasteiger partial charge < -0.3 is 10.2 Å². The van der Waals surface area contributed by atoms with Gasteiger partial charge in [-0.2, -0.15) is 0 Å². The Kier molecular flexibility index (Phi) is 4.28. The molecule has 4 heteroatoms. The molecule has 3 fully saturated rings. The van der Waals surface area contributed by atoms with Crippen LogP contribution < -0.4 is 5.32 Å². The Morgan fingerprint density at radius 1 is 1.14 bits per heavy atom. The quantitative estimate of drug-likeness (QED) is 0.842. The van der Waals surface area contributed by atoms with E-state index in [2.05, 4.69) is 35.9 Å². The molecule has 3 heterocycles. The van der Waals surface area contributed by atoms with Crippen LogP contribution in [0.4, 0.5) is 0 Å². The van der Waals surface area contributed by atoms with E-state index in [9.17, 15) is 4.79 Å². The lowest BCUT2D eigenvalue weighted by atomic mass is 9.84. The first-order valence-corrected chi connectivity index (χ1v) is 8.78. The zero-order chi connectivity index (χ0) is 15.0. The highest BCUT2D eigenvalue weighted by Crippen LogP contribution is 2.41. The van der Waals surface area contributed by atoms with Crippen molar-refractivity contribution in [1.82, 2.24) is 15.1 Å². The highest BCUT2D eigenvalue weighted by Gasteiger charge is 2.52. The van der Waals surface area contributed by atoms with Crippen molar-refractivity contribution in [2.45, 2.75) is 58.0 Å². The van der Waals surface area contributed by atoms with E-state index in [0.717, 1.165) is 38.6 Å². The van der Waals surface area contributed by atoms with E-state index < -0.39 is 0 Å². The van der Waals surface area contributed by atoms with Crippen LogP contribution in [0.3, 0.4) is 0 Å². The van der Waals surface area contributed by atoms with E-state index in [-0.39, 0.29) is 11.6 Å². The Labute approximate surface area is 129 Å². The summed E-state index contributed by atoms with van der Waals surface area (Å²) in [6.07, 6.45) is 4.92. The lowest BCUT2D eigenvalue weighted by molar-refractivity contribution is -0.138. The van der Waals surface area contributed by atoms with Gasteiger partial charge in [-0.15, -0.1) is 0 Å². The van der Waals surface area contributed by atoms with Gasteiger partial charge in [-0.1, -0.05) is 12.8 Å². The normalized spacial score (nSPS) is 34.5. The third-order valence-corrected chi connectivity index (χ3v) is 6.16. The number of hydrogen-bond donors (Lipinski definition) is 1. The molecule has 4 nitrogen and oxygen atoms in total. The minimum atomic E-state index is 0.0312. The van der Waals surface area contributed by atoms with Crippen LogP contribution >= 0.6 is 0 Å². The maximum absolute atomic E-state index is 12.9. The zero-order valence-electron chi connectivity index (χ0n) is 13.9. The van der Waals surface area contributed by atoms with Crippen molar-refractivity contribution in [3.8, 4) is 0 Å². The molecule has 3 unspecified atom stereocenters. The van der Waals surface area contributed by atoms with Crippen LogP contribution in [0.15, 0.2) is 0 Å². The molecular weight excluding hydrogens is 262 g/mol. The molecule has 1 N–H and O–H groups in total. The molecular formula is C17H31N3O. The van der Waals surface area contributed by atoms with Crippen molar-refractivity contribution in [3.05, 3.63) is 0 Å². The average Bonchev–Trinajstić information content (AvgIpc) is 2.89. The molecule has 0 aromatic carbocycles.